The zero-order valence-corrected chi connectivity index (χ0v) is 14.2. The van der Waals surface area contributed by atoms with Crippen molar-refractivity contribution in [2.45, 2.75) is 38.4 Å². The number of aromatic nitrogens is 1. The second-order valence-electron chi connectivity index (χ2n) is 5.77. The van der Waals surface area contributed by atoms with Gasteiger partial charge in [-0.1, -0.05) is 0 Å². The highest BCUT2D eigenvalue weighted by Crippen LogP contribution is 2.18. The van der Waals surface area contributed by atoms with Crippen LogP contribution in [0.15, 0.2) is 30.5 Å². The third-order valence-corrected chi connectivity index (χ3v) is 5.44. The number of aromatic amines is 1. The Hall–Kier alpha value is -1.86. The molecule has 1 amide bonds. The SMILES string of the molecule is CC(C)S(=O)(=O)NCCCCC(=O)Nc1ccc2[nH]ccc2c1. The van der Waals surface area contributed by atoms with E-state index < -0.39 is 15.3 Å². The molecule has 0 saturated carbocycles. The highest BCUT2D eigenvalue weighted by atomic mass is 32.2. The molecule has 2 rings (SSSR count). The van der Waals surface area contributed by atoms with Crippen molar-refractivity contribution < 1.29 is 13.2 Å². The highest BCUT2D eigenvalue weighted by Gasteiger charge is 2.14. The van der Waals surface area contributed by atoms with E-state index in [-0.39, 0.29) is 5.91 Å². The van der Waals surface area contributed by atoms with Crippen molar-refractivity contribution in [2.75, 3.05) is 11.9 Å². The fourth-order valence-electron chi connectivity index (χ4n) is 2.15. The molecule has 1 aromatic carbocycles. The second kappa shape index (κ2) is 7.61. The van der Waals surface area contributed by atoms with Gasteiger partial charge in [-0.3, -0.25) is 4.79 Å². The van der Waals surface area contributed by atoms with Gasteiger partial charge in [0, 0.05) is 35.8 Å². The van der Waals surface area contributed by atoms with Crippen molar-refractivity contribution in [3.8, 4) is 0 Å². The van der Waals surface area contributed by atoms with E-state index in [9.17, 15) is 13.2 Å². The van der Waals surface area contributed by atoms with Gasteiger partial charge in [-0.25, -0.2) is 13.1 Å². The van der Waals surface area contributed by atoms with Gasteiger partial charge in [0.2, 0.25) is 15.9 Å². The lowest BCUT2D eigenvalue weighted by atomic mass is 10.2. The highest BCUT2D eigenvalue weighted by molar-refractivity contribution is 7.90. The molecule has 126 valence electrons. The summed E-state index contributed by atoms with van der Waals surface area (Å²) in [7, 11) is -3.22. The Labute approximate surface area is 136 Å². The van der Waals surface area contributed by atoms with Crippen LogP contribution >= 0.6 is 0 Å². The van der Waals surface area contributed by atoms with E-state index in [0.717, 1.165) is 16.6 Å². The largest absolute Gasteiger partial charge is 0.361 e. The summed E-state index contributed by atoms with van der Waals surface area (Å²) in [4.78, 5) is 15.0. The van der Waals surface area contributed by atoms with Crippen LogP contribution in [0.4, 0.5) is 5.69 Å². The lowest BCUT2D eigenvalue weighted by molar-refractivity contribution is -0.116. The molecule has 6 nitrogen and oxygen atoms in total. The molecular formula is C16H23N3O3S. The fourth-order valence-corrected chi connectivity index (χ4v) is 2.91. The van der Waals surface area contributed by atoms with Gasteiger partial charge in [0.1, 0.15) is 0 Å². The minimum absolute atomic E-state index is 0.0633. The van der Waals surface area contributed by atoms with Gasteiger partial charge in [-0.2, -0.15) is 0 Å². The van der Waals surface area contributed by atoms with Crippen molar-refractivity contribution in [2.24, 2.45) is 0 Å². The lowest BCUT2D eigenvalue weighted by Gasteiger charge is -2.09. The maximum atomic E-state index is 11.9. The zero-order chi connectivity index (χ0) is 16.9. The predicted octanol–water partition coefficient (Wildman–Crippen LogP) is 2.60. The molecule has 0 unspecified atom stereocenters. The van der Waals surface area contributed by atoms with Crippen molar-refractivity contribution >= 4 is 32.5 Å². The monoisotopic (exact) mass is 337 g/mol. The summed E-state index contributed by atoms with van der Waals surface area (Å²) < 4.78 is 25.7. The molecule has 0 atom stereocenters. The van der Waals surface area contributed by atoms with Crippen LogP contribution in [0.25, 0.3) is 10.9 Å². The first kappa shape index (κ1) is 17.5. The number of hydrogen-bond donors (Lipinski definition) is 3. The maximum Gasteiger partial charge on any atom is 0.224 e. The zero-order valence-electron chi connectivity index (χ0n) is 13.4. The third-order valence-electron chi connectivity index (χ3n) is 3.59. The van der Waals surface area contributed by atoms with Crippen LogP contribution in [0.1, 0.15) is 33.1 Å². The molecule has 1 aromatic heterocycles. The molecule has 2 aromatic rings. The van der Waals surface area contributed by atoms with Crippen LogP contribution < -0.4 is 10.0 Å². The Morgan fingerprint density at radius 3 is 2.74 bits per heavy atom. The minimum Gasteiger partial charge on any atom is -0.361 e. The Bertz CT molecular complexity index is 766. The number of sulfonamides is 1. The number of H-pyrrole nitrogens is 1. The van der Waals surface area contributed by atoms with Gasteiger partial charge in [-0.05, 0) is 51.0 Å². The summed E-state index contributed by atoms with van der Waals surface area (Å²) in [6.07, 6.45) is 3.50. The maximum absolute atomic E-state index is 11.9. The van der Waals surface area contributed by atoms with Gasteiger partial charge in [0.15, 0.2) is 0 Å². The van der Waals surface area contributed by atoms with Crippen LogP contribution in [0.3, 0.4) is 0 Å². The Morgan fingerprint density at radius 2 is 2.00 bits per heavy atom. The molecule has 3 N–H and O–H groups in total. The summed E-state index contributed by atoms with van der Waals surface area (Å²) in [5.74, 6) is -0.0633. The molecule has 1 heterocycles. The number of unbranched alkanes of at least 4 members (excludes halogenated alkanes) is 1. The molecule has 23 heavy (non-hydrogen) atoms. The minimum atomic E-state index is -3.22. The molecule has 7 heteroatoms. The molecular weight excluding hydrogens is 314 g/mol. The molecule has 0 radical (unpaired) electrons. The van der Waals surface area contributed by atoms with Gasteiger partial charge < -0.3 is 10.3 Å². The summed E-state index contributed by atoms with van der Waals surface area (Å²) in [5, 5.41) is 3.47. The van der Waals surface area contributed by atoms with Crippen molar-refractivity contribution in [3.63, 3.8) is 0 Å². The number of hydrogen-bond acceptors (Lipinski definition) is 3. The second-order valence-corrected chi connectivity index (χ2v) is 8.09. The molecule has 0 aliphatic carbocycles. The first-order valence-electron chi connectivity index (χ1n) is 7.74. The first-order valence-corrected chi connectivity index (χ1v) is 9.28. The Morgan fingerprint density at radius 1 is 1.22 bits per heavy atom. The van der Waals surface area contributed by atoms with E-state index in [1.807, 2.05) is 30.5 Å². The number of fused-ring (bicyclic) bond motifs is 1. The third kappa shape index (κ3) is 5.07. The topological polar surface area (TPSA) is 91.1 Å². The van der Waals surface area contributed by atoms with E-state index in [1.165, 1.54) is 0 Å². The van der Waals surface area contributed by atoms with Crippen LogP contribution in [0, 0.1) is 0 Å². The number of benzene rings is 1. The Kier molecular flexibility index (Phi) is 5.79. The van der Waals surface area contributed by atoms with Crippen molar-refractivity contribution in [3.05, 3.63) is 30.5 Å². The number of amides is 1. The molecule has 0 bridgehead atoms. The van der Waals surface area contributed by atoms with E-state index in [4.69, 9.17) is 0 Å². The van der Waals surface area contributed by atoms with Crippen LogP contribution in [-0.2, 0) is 14.8 Å². The van der Waals surface area contributed by atoms with Crippen molar-refractivity contribution in [1.82, 2.24) is 9.71 Å². The van der Waals surface area contributed by atoms with E-state index in [1.54, 1.807) is 13.8 Å². The molecule has 0 spiro atoms. The van der Waals surface area contributed by atoms with Gasteiger partial charge in [-0.15, -0.1) is 0 Å². The fraction of sp³-hybridized carbons (Fsp3) is 0.438. The number of carbonyl (C=O) groups excluding carboxylic acids is 1. The smallest absolute Gasteiger partial charge is 0.224 e. The summed E-state index contributed by atoms with van der Waals surface area (Å²) in [6.45, 7) is 3.64. The standard InChI is InChI=1S/C16H23N3O3S/c1-12(2)23(21,22)18-9-4-3-5-16(20)19-14-6-7-15-13(11-14)8-10-17-15/h6-8,10-12,17-18H,3-5,9H2,1-2H3,(H,19,20). The Balaban J connectivity index is 1.71. The van der Waals surface area contributed by atoms with E-state index >= 15 is 0 Å². The first-order chi connectivity index (χ1) is 10.9. The number of nitrogens with one attached hydrogen (secondary N) is 3. The normalized spacial score (nSPS) is 12.0. The number of rotatable bonds is 8. The summed E-state index contributed by atoms with van der Waals surface area (Å²) in [5.41, 5.74) is 1.79. The predicted molar refractivity (Wildman–Crippen MR) is 92.8 cm³/mol. The van der Waals surface area contributed by atoms with Gasteiger partial charge in [0.25, 0.3) is 0 Å². The van der Waals surface area contributed by atoms with Gasteiger partial charge >= 0.3 is 0 Å². The molecule has 0 aliphatic rings. The van der Waals surface area contributed by atoms with Crippen molar-refractivity contribution in [1.29, 1.82) is 0 Å². The average Bonchev–Trinajstić information content (AvgIpc) is 2.94. The van der Waals surface area contributed by atoms with Gasteiger partial charge in [0.05, 0.1) is 5.25 Å². The van der Waals surface area contributed by atoms with Crippen LogP contribution in [-0.4, -0.2) is 31.1 Å². The van der Waals surface area contributed by atoms with Crippen LogP contribution in [0.2, 0.25) is 0 Å². The summed E-state index contributed by atoms with van der Waals surface area (Å²) >= 11 is 0. The van der Waals surface area contributed by atoms with E-state index in [2.05, 4.69) is 15.0 Å². The number of carbonyl (C=O) groups is 1. The lowest BCUT2D eigenvalue weighted by Crippen LogP contribution is -2.31. The van der Waals surface area contributed by atoms with Crippen LogP contribution in [0.5, 0.6) is 0 Å². The molecule has 0 aliphatic heterocycles. The quantitative estimate of drug-likeness (QED) is 0.647. The van der Waals surface area contributed by atoms with E-state index in [0.29, 0.717) is 25.8 Å². The average molecular weight is 337 g/mol. The summed E-state index contributed by atoms with van der Waals surface area (Å²) in [6, 6.07) is 7.64. The molecule has 0 fully saturated rings. The molecule has 0 saturated heterocycles. The number of anilines is 1.